The summed E-state index contributed by atoms with van der Waals surface area (Å²) in [5, 5.41) is 3.67. The molecule has 0 radical (unpaired) electrons. The molecule has 2 aromatic rings. The van der Waals surface area contributed by atoms with Gasteiger partial charge in [-0.15, -0.1) is 0 Å². The minimum Gasteiger partial charge on any atom is -0.361 e. The number of carbonyl (C=O) groups is 1. The summed E-state index contributed by atoms with van der Waals surface area (Å²) in [6.07, 6.45) is 1.19. The molecule has 1 aliphatic rings. The Morgan fingerprint density at radius 3 is 2.70 bits per heavy atom. The van der Waals surface area contributed by atoms with Gasteiger partial charge in [0.25, 0.3) is 0 Å². The highest BCUT2D eigenvalue weighted by atomic mass is 35.5. The number of carbonyl (C=O) groups excluding carboxylic acids is 1. The number of halogens is 1. The molecule has 6 nitrogen and oxygen atoms in total. The van der Waals surface area contributed by atoms with Gasteiger partial charge in [-0.2, -0.15) is 0 Å². The van der Waals surface area contributed by atoms with Crippen molar-refractivity contribution in [2.75, 3.05) is 18.8 Å². The maximum atomic E-state index is 12.7. The smallest absolute Gasteiger partial charge is 0.222 e. The molecule has 0 N–H and O–H groups in total. The number of sulfone groups is 1. The highest BCUT2D eigenvalue weighted by Gasteiger charge is 2.33. The summed E-state index contributed by atoms with van der Waals surface area (Å²) in [4.78, 5) is 14.3. The molecule has 0 saturated carbocycles. The first-order chi connectivity index (χ1) is 12.8. The topological polar surface area (TPSA) is 80.5 Å². The van der Waals surface area contributed by atoms with Crippen molar-refractivity contribution in [1.82, 2.24) is 10.1 Å². The molecule has 1 aromatic carbocycles. The molecule has 3 rings (SSSR count). The molecule has 0 aliphatic carbocycles. The van der Waals surface area contributed by atoms with Gasteiger partial charge in [0.15, 0.2) is 9.84 Å². The van der Waals surface area contributed by atoms with E-state index in [0.29, 0.717) is 36.4 Å². The lowest BCUT2D eigenvalue weighted by atomic mass is 10.1. The van der Waals surface area contributed by atoms with E-state index in [1.54, 1.807) is 29.2 Å². The fourth-order valence-corrected chi connectivity index (χ4v) is 5.68. The Kier molecular flexibility index (Phi) is 5.91. The quantitative estimate of drug-likeness (QED) is 0.772. The zero-order valence-electron chi connectivity index (χ0n) is 15.4. The largest absolute Gasteiger partial charge is 0.361 e. The average molecular weight is 411 g/mol. The number of amides is 1. The minimum absolute atomic E-state index is 0.0509. The molecular weight excluding hydrogens is 388 g/mol. The number of benzene rings is 1. The summed E-state index contributed by atoms with van der Waals surface area (Å²) in [5.74, 6) is 0.613. The van der Waals surface area contributed by atoms with E-state index in [1.807, 2.05) is 13.8 Å². The second-order valence-corrected chi connectivity index (χ2v) is 9.56. The molecule has 1 aliphatic heterocycles. The van der Waals surface area contributed by atoms with Crippen LogP contribution in [0.5, 0.6) is 0 Å². The van der Waals surface area contributed by atoms with Crippen LogP contribution in [-0.2, 0) is 21.1 Å². The summed E-state index contributed by atoms with van der Waals surface area (Å²) in [7, 11) is -3.38. The minimum atomic E-state index is -3.38. The van der Waals surface area contributed by atoms with Crippen LogP contribution >= 0.6 is 11.6 Å². The standard InChI is InChI=1S/C19H23ClN2O4S/c1-13-15(14(2)26-21-13)7-8-19(23)22-10-9-18(27(24,25)12-11-22)16-5-3-4-6-17(16)20/h3-6,18H,7-12H2,1-2H3. The first-order valence-electron chi connectivity index (χ1n) is 8.95. The van der Waals surface area contributed by atoms with E-state index in [9.17, 15) is 13.2 Å². The van der Waals surface area contributed by atoms with E-state index >= 15 is 0 Å². The van der Waals surface area contributed by atoms with E-state index in [1.165, 1.54) is 0 Å². The van der Waals surface area contributed by atoms with Crippen molar-refractivity contribution in [3.05, 3.63) is 51.9 Å². The highest BCUT2D eigenvalue weighted by molar-refractivity contribution is 7.91. The second-order valence-electron chi connectivity index (χ2n) is 6.85. The van der Waals surface area contributed by atoms with Crippen LogP contribution in [0, 0.1) is 13.8 Å². The third kappa shape index (κ3) is 4.35. The molecule has 0 spiro atoms. The van der Waals surface area contributed by atoms with Crippen LogP contribution < -0.4 is 0 Å². The molecule has 1 unspecified atom stereocenters. The monoisotopic (exact) mass is 410 g/mol. The average Bonchev–Trinajstić information content (AvgIpc) is 2.85. The Labute approximate surface area is 164 Å². The maximum absolute atomic E-state index is 12.7. The summed E-state index contributed by atoms with van der Waals surface area (Å²) < 4.78 is 30.6. The fraction of sp³-hybridized carbons (Fsp3) is 0.474. The lowest BCUT2D eigenvalue weighted by Crippen LogP contribution is -2.33. The van der Waals surface area contributed by atoms with E-state index in [0.717, 1.165) is 17.0 Å². The first kappa shape index (κ1) is 19.9. The molecule has 2 heterocycles. The zero-order valence-corrected chi connectivity index (χ0v) is 17.0. The van der Waals surface area contributed by atoms with Crippen LogP contribution in [0.25, 0.3) is 0 Å². The molecule has 1 fully saturated rings. The van der Waals surface area contributed by atoms with Crippen molar-refractivity contribution in [2.45, 2.75) is 38.4 Å². The number of aromatic nitrogens is 1. The molecular formula is C19H23ClN2O4S. The predicted octanol–water partition coefficient (Wildman–Crippen LogP) is 3.27. The van der Waals surface area contributed by atoms with E-state index in [-0.39, 0.29) is 18.2 Å². The third-order valence-corrected chi connectivity index (χ3v) is 7.57. The number of aryl methyl sites for hydroxylation is 2. The summed E-state index contributed by atoms with van der Waals surface area (Å²) in [5.41, 5.74) is 2.35. The van der Waals surface area contributed by atoms with Gasteiger partial charge in [-0.1, -0.05) is 35.0 Å². The number of rotatable bonds is 4. The molecule has 1 amide bonds. The second kappa shape index (κ2) is 8.02. The maximum Gasteiger partial charge on any atom is 0.222 e. The lowest BCUT2D eigenvalue weighted by Gasteiger charge is -2.20. The normalized spacial score (nSPS) is 19.7. The van der Waals surface area contributed by atoms with Crippen molar-refractivity contribution in [2.24, 2.45) is 0 Å². The lowest BCUT2D eigenvalue weighted by molar-refractivity contribution is -0.130. The van der Waals surface area contributed by atoms with Crippen molar-refractivity contribution in [1.29, 1.82) is 0 Å². The van der Waals surface area contributed by atoms with Crippen molar-refractivity contribution in [3.63, 3.8) is 0 Å². The van der Waals surface area contributed by atoms with Gasteiger partial charge >= 0.3 is 0 Å². The highest BCUT2D eigenvalue weighted by Crippen LogP contribution is 2.34. The van der Waals surface area contributed by atoms with Gasteiger partial charge in [-0.25, -0.2) is 8.42 Å². The van der Waals surface area contributed by atoms with Crippen LogP contribution in [0.15, 0.2) is 28.8 Å². The first-order valence-corrected chi connectivity index (χ1v) is 11.0. The van der Waals surface area contributed by atoms with Crippen LogP contribution in [0.2, 0.25) is 5.02 Å². The van der Waals surface area contributed by atoms with Crippen LogP contribution in [-0.4, -0.2) is 43.2 Å². The van der Waals surface area contributed by atoms with Crippen molar-refractivity contribution < 1.29 is 17.7 Å². The van der Waals surface area contributed by atoms with E-state index in [4.69, 9.17) is 16.1 Å². The zero-order chi connectivity index (χ0) is 19.6. The number of nitrogens with zero attached hydrogens (tertiary/aromatic N) is 2. The van der Waals surface area contributed by atoms with Crippen LogP contribution in [0.4, 0.5) is 0 Å². The molecule has 1 aromatic heterocycles. The third-order valence-electron chi connectivity index (χ3n) is 5.12. The summed E-state index contributed by atoms with van der Waals surface area (Å²) in [6.45, 7) is 4.29. The molecule has 27 heavy (non-hydrogen) atoms. The predicted molar refractivity (Wildman–Crippen MR) is 103 cm³/mol. The number of hydrogen-bond acceptors (Lipinski definition) is 5. The molecule has 146 valence electrons. The van der Waals surface area contributed by atoms with Gasteiger partial charge in [0, 0.05) is 30.1 Å². The van der Waals surface area contributed by atoms with Crippen molar-refractivity contribution in [3.8, 4) is 0 Å². The van der Waals surface area contributed by atoms with Gasteiger partial charge in [-0.05, 0) is 38.3 Å². The molecule has 8 heteroatoms. The number of hydrogen-bond donors (Lipinski definition) is 0. The van der Waals surface area contributed by atoms with Gasteiger partial charge in [0.2, 0.25) is 5.91 Å². The van der Waals surface area contributed by atoms with Gasteiger partial charge in [0.05, 0.1) is 16.7 Å². The Hall–Kier alpha value is -1.86. The van der Waals surface area contributed by atoms with Crippen LogP contribution in [0.1, 0.15) is 40.7 Å². The Morgan fingerprint density at radius 1 is 1.30 bits per heavy atom. The van der Waals surface area contributed by atoms with E-state index in [2.05, 4.69) is 5.16 Å². The summed E-state index contributed by atoms with van der Waals surface area (Å²) >= 11 is 6.21. The summed E-state index contributed by atoms with van der Waals surface area (Å²) in [6, 6.07) is 7.01. The molecule has 0 bridgehead atoms. The fourth-order valence-electron chi connectivity index (χ4n) is 3.53. The Morgan fingerprint density at radius 2 is 2.04 bits per heavy atom. The Balaban J connectivity index is 1.70. The van der Waals surface area contributed by atoms with Crippen molar-refractivity contribution >= 4 is 27.3 Å². The van der Waals surface area contributed by atoms with Crippen LogP contribution in [0.3, 0.4) is 0 Å². The van der Waals surface area contributed by atoms with Gasteiger partial charge in [0.1, 0.15) is 5.76 Å². The molecule has 1 saturated heterocycles. The Bertz CT molecular complexity index is 919. The van der Waals surface area contributed by atoms with Gasteiger partial charge < -0.3 is 9.42 Å². The van der Waals surface area contributed by atoms with Gasteiger partial charge in [-0.3, -0.25) is 4.79 Å². The molecule has 1 atom stereocenters. The SMILES string of the molecule is Cc1noc(C)c1CCC(=O)N1CCC(c2ccccc2Cl)S(=O)(=O)CC1. The van der Waals surface area contributed by atoms with E-state index < -0.39 is 15.1 Å².